The van der Waals surface area contributed by atoms with E-state index in [1.54, 1.807) is 0 Å². The number of halogens is 1. The normalized spacial score (nSPS) is 17.0. The van der Waals surface area contributed by atoms with Crippen molar-refractivity contribution in [3.8, 4) is 0 Å². The Morgan fingerprint density at radius 1 is 1.19 bits per heavy atom. The molecule has 1 fully saturated rings. The smallest absolute Gasteiger partial charge is 0.262 e. The lowest BCUT2D eigenvalue weighted by molar-refractivity contribution is 0.0857. The molecule has 138 valence electrons. The number of amides is 1. The molecule has 8 heteroatoms. The SMILES string of the molecule is O=C(NC[C@@H]1CCCO1)c1cccc(S(=O)(=O)Nc2ccccc2F)c1. The molecule has 6 nitrogen and oxygen atoms in total. The van der Waals surface area contributed by atoms with Crippen LogP contribution in [0.2, 0.25) is 0 Å². The monoisotopic (exact) mass is 378 g/mol. The maximum absolute atomic E-state index is 13.7. The Labute approximate surface area is 151 Å². The standard InChI is InChI=1S/C18H19FN2O4S/c19-16-8-1-2-9-17(16)21-26(23,24)15-7-3-5-13(11-15)18(22)20-12-14-6-4-10-25-14/h1-3,5,7-9,11,14,21H,4,6,10,12H2,(H,20,22)/t14-/m0/s1. The van der Waals surface area contributed by atoms with Crippen LogP contribution in [0.5, 0.6) is 0 Å². The summed E-state index contributed by atoms with van der Waals surface area (Å²) >= 11 is 0. The van der Waals surface area contributed by atoms with E-state index in [-0.39, 0.29) is 28.2 Å². The van der Waals surface area contributed by atoms with Crippen molar-refractivity contribution < 1.29 is 22.3 Å². The van der Waals surface area contributed by atoms with Crippen LogP contribution in [0, 0.1) is 5.82 Å². The van der Waals surface area contributed by atoms with Crippen LogP contribution in [0.1, 0.15) is 23.2 Å². The zero-order valence-corrected chi connectivity index (χ0v) is 14.8. The topological polar surface area (TPSA) is 84.5 Å². The number of para-hydroxylation sites is 1. The zero-order chi connectivity index (χ0) is 18.6. The Morgan fingerprint density at radius 3 is 2.73 bits per heavy atom. The Bertz CT molecular complexity index is 896. The molecule has 1 atom stereocenters. The summed E-state index contributed by atoms with van der Waals surface area (Å²) in [6.07, 6.45) is 1.85. The fraction of sp³-hybridized carbons (Fsp3) is 0.278. The average Bonchev–Trinajstić information content (AvgIpc) is 3.15. The molecule has 1 heterocycles. The van der Waals surface area contributed by atoms with E-state index in [1.807, 2.05) is 0 Å². The number of sulfonamides is 1. The molecular formula is C18H19FN2O4S. The van der Waals surface area contributed by atoms with E-state index in [2.05, 4.69) is 10.0 Å². The van der Waals surface area contributed by atoms with Gasteiger partial charge in [0.25, 0.3) is 15.9 Å². The molecule has 1 amide bonds. The van der Waals surface area contributed by atoms with Crippen molar-refractivity contribution in [1.29, 1.82) is 0 Å². The second-order valence-electron chi connectivity index (χ2n) is 5.96. The van der Waals surface area contributed by atoms with Gasteiger partial charge in [-0.2, -0.15) is 0 Å². The lowest BCUT2D eigenvalue weighted by Crippen LogP contribution is -2.31. The van der Waals surface area contributed by atoms with Crippen molar-refractivity contribution in [3.05, 3.63) is 59.9 Å². The van der Waals surface area contributed by atoms with E-state index < -0.39 is 15.8 Å². The van der Waals surface area contributed by atoms with Gasteiger partial charge in [-0.15, -0.1) is 0 Å². The molecule has 2 N–H and O–H groups in total. The quantitative estimate of drug-likeness (QED) is 0.809. The minimum Gasteiger partial charge on any atom is -0.376 e. The summed E-state index contributed by atoms with van der Waals surface area (Å²) in [5, 5.41) is 2.74. The third-order valence-corrected chi connectivity index (χ3v) is 5.40. The summed E-state index contributed by atoms with van der Waals surface area (Å²) in [7, 11) is -4.02. The first-order valence-corrected chi connectivity index (χ1v) is 9.71. The number of nitrogens with one attached hydrogen (secondary N) is 2. The van der Waals surface area contributed by atoms with Gasteiger partial charge >= 0.3 is 0 Å². The fourth-order valence-electron chi connectivity index (χ4n) is 2.67. The van der Waals surface area contributed by atoms with Gasteiger partial charge in [0.2, 0.25) is 0 Å². The molecule has 0 bridgehead atoms. The van der Waals surface area contributed by atoms with Crippen LogP contribution in [0.25, 0.3) is 0 Å². The molecule has 26 heavy (non-hydrogen) atoms. The molecule has 3 rings (SSSR count). The number of ether oxygens (including phenoxy) is 1. The Hall–Kier alpha value is -2.45. The highest BCUT2D eigenvalue weighted by atomic mass is 32.2. The summed E-state index contributed by atoms with van der Waals surface area (Å²) < 4.78 is 46.3. The van der Waals surface area contributed by atoms with Crippen LogP contribution in [0.4, 0.5) is 10.1 Å². The van der Waals surface area contributed by atoms with E-state index in [0.29, 0.717) is 13.2 Å². The van der Waals surface area contributed by atoms with E-state index in [1.165, 1.54) is 42.5 Å². The van der Waals surface area contributed by atoms with Gasteiger partial charge in [0.15, 0.2) is 0 Å². The second-order valence-corrected chi connectivity index (χ2v) is 7.64. The highest BCUT2D eigenvalue weighted by Gasteiger charge is 2.19. The van der Waals surface area contributed by atoms with Crippen LogP contribution in [0.15, 0.2) is 53.4 Å². The first-order valence-electron chi connectivity index (χ1n) is 8.23. The predicted octanol–water partition coefficient (Wildman–Crippen LogP) is 2.54. The number of benzene rings is 2. The minimum absolute atomic E-state index is 0.00594. The first kappa shape index (κ1) is 18.3. The molecule has 0 aliphatic carbocycles. The van der Waals surface area contributed by atoms with Crippen molar-refractivity contribution in [1.82, 2.24) is 5.32 Å². The summed E-state index contributed by atoms with van der Waals surface area (Å²) in [6, 6.07) is 11.1. The number of carbonyl (C=O) groups excluding carboxylic acids is 1. The lowest BCUT2D eigenvalue weighted by atomic mass is 10.2. The zero-order valence-electron chi connectivity index (χ0n) is 13.9. The van der Waals surface area contributed by atoms with E-state index in [0.717, 1.165) is 18.9 Å². The minimum atomic E-state index is -4.02. The van der Waals surface area contributed by atoms with Crippen LogP contribution in [-0.4, -0.2) is 33.6 Å². The van der Waals surface area contributed by atoms with Crippen LogP contribution in [-0.2, 0) is 14.8 Å². The molecule has 2 aromatic carbocycles. The van der Waals surface area contributed by atoms with Gasteiger partial charge in [-0.05, 0) is 43.2 Å². The lowest BCUT2D eigenvalue weighted by Gasteiger charge is -2.12. The molecule has 2 aromatic rings. The number of carbonyl (C=O) groups is 1. The van der Waals surface area contributed by atoms with Gasteiger partial charge in [-0.3, -0.25) is 9.52 Å². The number of rotatable bonds is 6. The number of hydrogen-bond donors (Lipinski definition) is 2. The van der Waals surface area contributed by atoms with Gasteiger partial charge in [0.05, 0.1) is 16.7 Å². The third kappa shape index (κ3) is 4.39. The van der Waals surface area contributed by atoms with Gasteiger partial charge in [-0.25, -0.2) is 12.8 Å². The molecule has 0 radical (unpaired) electrons. The Kier molecular flexibility index (Phi) is 5.53. The van der Waals surface area contributed by atoms with Gasteiger partial charge in [0, 0.05) is 18.7 Å². The highest BCUT2D eigenvalue weighted by molar-refractivity contribution is 7.92. The number of anilines is 1. The van der Waals surface area contributed by atoms with E-state index in [4.69, 9.17) is 4.74 Å². The average molecular weight is 378 g/mol. The van der Waals surface area contributed by atoms with E-state index >= 15 is 0 Å². The molecule has 0 aromatic heterocycles. The molecule has 1 saturated heterocycles. The molecule has 1 aliphatic heterocycles. The van der Waals surface area contributed by atoms with Crippen LogP contribution >= 0.6 is 0 Å². The van der Waals surface area contributed by atoms with Crippen molar-refractivity contribution in [2.24, 2.45) is 0 Å². The van der Waals surface area contributed by atoms with Crippen LogP contribution < -0.4 is 10.0 Å². The second kappa shape index (κ2) is 7.84. The molecule has 0 spiro atoms. The molecule has 0 unspecified atom stereocenters. The Morgan fingerprint density at radius 2 is 2.00 bits per heavy atom. The number of hydrogen-bond acceptors (Lipinski definition) is 4. The van der Waals surface area contributed by atoms with Crippen molar-refractivity contribution >= 4 is 21.6 Å². The molecule has 0 saturated carbocycles. The van der Waals surface area contributed by atoms with Gasteiger partial charge in [0.1, 0.15) is 5.82 Å². The predicted molar refractivity (Wildman–Crippen MR) is 95.0 cm³/mol. The summed E-state index contributed by atoms with van der Waals surface area (Å²) in [4.78, 5) is 12.1. The third-order valence-electron chi connectivity index (χ3n) is 4.04. The van der Waals surface area contributed by atoms with E-state index in [9.17, 15) is 17.6 Å². The summed E-state index contributed by atoms with van der Waals surface area (Å²) in [5.74, 6) is -1.06. The van der Waals surface area contributed by atoms with Crippen molar-refractivity contribution in [2.45, 2.75) is 23.8 Å². The fourth-order valence-corrected chi connectivity index (χ4v) is 3.78. The largest absolute Gasteiger partial charge is 0.376 e. The summed E-state index contributed by atoms with van der Waals surface area (Å²) in [5.41, 5.74) is 0.0557. The Balaban J connectivity index is 1.73. The molecule has 1 aliphatic rings. The van der Waals surface area contributed by atoms with Crippen LogP contribution in [0.3, 0.4) is 0 Å². The van der Waals surface area contributed by atoms with Gasteiger partial charge in [-0.1, -0.05) is 18.2 Å². The first-order chi connectivity index (χ1) is 12.5. The van der Waals surface area contributed by atoms with Crippen molar-refractivity contribution in [3.63, 3.8) is 0 Å². The molecular weight excluding hydrogens is 359 g/mol. The van der Waals surface area contributed by atoms with Crippen molar-refractivity contribution in [2.75, 3.05) is 17.9 Å². The summed E-state index contributed by atoms with van der Waals surface area (Å²) in [6.45, 7) is 1.07. The maximum Gasteiger partial charge on any atom is 0.262 e. The van der Waals surface area contributed by atoms with Gasteiger partial charge < -0.3 is 10.1 Å². The maximum atomic E-state index is 13.7. The highest BCUT2D eigenvalue weighted by Crippen LogP contribution is 2.19.